The van der Waals surface area contributed by atoms with Crippen molar-refractivity contribution in [3.05, 3.63) is 49.1 Å². The highest BCUT2D eigenvalue weighted by Crippen LogP contribution is 2.17. The largest absolute Gasteiger partial charge is 0.378 e. The zero-order valence-corrected chi connectivity index (χ0v) is 12.2. The van der Waals surface area contributed by atoms with Crippen LogP contribution in [0.25, 0.3) is 0 Å². The molecular weight excluding hydrogens is 248 g/mol. The van der Waals surface area contributed by atoms with Crippen LogP contribution in [0.4, 0.5) is 11.4 Å². The molecule has 1 aliphatic heterocycles. The van der Waals surface area contributed by atoms with Gasteiger partial charge in [-0.1, -0.05) is 0 Å². The number of pyridine rings is 2. The van der Waals surface area contributed by atoms with Crippen molar-refractivity contribution in [1.82, 2.24) is 9.97 Å². The maximum Gasteiger partial charge on any atom is 0.0397 e. The van der Waals surface area contributed by atoms with Crippen molar-refractivity contribution in [2.24, 2.45) is 0 Å². The topological polar surface area (TPSA) is 32.3 Å². The van der Waals surface area contributed by atoms with Gasteiger partial charge in [-0.2, -0.15) is 0 Å². The lowest BCUT2D eigenvalue weighted by atomic mass is 10.4. The van der Waals surface area contributed by atoms with Gasteiger partial charge in [-0.25, -0.2) is 0 Å². The van der Waals surface area contributed by atoms with Gasteiger partial charge < -0.3 is 9.80 Å². The number of hydrogen-bond acceptors (Lipinski definition) is 4. The van der Waals surface area contributed by atoms with Crippen LogP contribution >= 0.6 is 0 Å². The van der Waals surface area contributed by atoms with Crippen molar-refractivity contribution in [2.45, 2.75) is 12.8 Å². The molecule has 2 aromatic rings. The van der Waals surface area contributed by atoms with Gasteiger partial charge in [0.1, 0.15) is 0 Å². The highest BCUT2D eigenvalue weighted by molar-refractivity contribution is 5.45. The van der Waals surface area contributed by atoms with E-state index in [0.717, 1.165) is 0 Å². The first kappa shape index (κ1) is 14.3. The lowest BCUT2D eigenvalue weighted by Crippen LogP contribution is -2.17. The minimum atomic E-state index is 1.19. The fourth-order valence-electron chi connectivity index (χ4n) is 2.17. The average molecular weight is 270 g/mol. The molecule has 0 amide bonds. The van der Waals surface area contributed by atoms with Crippen molar-refractivity contribution in [3.8, 4) is 0 Å². The molecule has 1 saturated heterocycles. The molecule has 0 unspecified atom stereocenters. The zero-order chi connectivity index (χ0) is 14.2. The van der Waals surface area contributed by atoms with Crippen LogP contribution in [0.3, 0.4) is 0 Å². The molecule has 106 valence electrons. The molecule has 0 atom stereocenters. The molecule has 0 spiro atoms. The van der Waals surface area contributed by atoms with E-state index in [2.05, 4.69) is 27.0 Å². The van der Waals surface area contributed by atoms with E-state index in [4.69, 9.17) is 0 Å². The third-order valence-corrected chi connectivity index (χ3v) is 3.31. The summed E-state index contributed by atoms with van der Waals surface area (Å²) in [5.74, 6) is 0. The van der Waals surface area contributed by atoms with Crippen LogP contribution in [0.1, 0.15) is 12.8 Å². The third kappa shape index (κ3) is 4.23. The number of anilines is 2. The Balaban J connectivity index is 0.000000151. The second kappa shape index (κ2) is 7.48. The maximum atomic E-state index is 3.99. The van der Waals surface area contributed by atoms with Crippen LogP contribution in [0.5, 0.6) is 0 Å². The first-order valence-electron chi connectivity index (χ1n) is 6.99. The Bertz CT molecular complexity index is 478. The summed E-state index contributed by atoms with van der Waals surface area (Å²) in [6.07, 6.45) is 9.95. The Labute approximate surface area is 121 Å². The average Bonchev–Trinajstić information content (AvgIpc) is 3.04. The van der Waals surface area contributed by atoms with Gasteiger partial charge in [0.05, 0.1) is 0 Å². The first-order chi connectivity index (χ1) is 9.77. The van der Waals surface area contributed by atoms with Crippen LogP contribution in [0, 0.1) is 0 Å². The van der Waals surface area contributed by atoms with E-state index in [1.807, 2.05) is 43.5 Å². The Morgan fingerprint density at radius 3 is 1.80 bits per heavy atom. The molecule has 0 bridgehead atoms. The van der Waals surface area contributed by atoms with E-state index in [0.29, 0.717) is 0 Å². The summed E-state index contributed by atoms with van der Waals surface area (Å²) in [6.45, 7) is 2.42. The summed E-state index contributed by atoms with van der Waals surface area (Å²) in [5.41, 5.74) is 2.50. The number of aromatic nitrogens is 2. The molecule has 20 heavy (non-hydrogen) atoms. The summed E-state index contributed by atoms with van der Waals surface area (Å²) in [4.78, 5) is 12.3. The molecule has 4 nitrogen and oxygen atoms in total. The van der Waals surface area contributed by atoms with E-state index < -0.39 is 0 Å². The van der Waals surface area contributed by atoms with Crippen molar-refractivity contribution in [3.63, 3.8) is 0 Å². The predicted molar refractivity (Wildman–Crippen MR) is 84.2 cm³/mol. The number of hydrogen-bond donors (Lipinski definition) is 0. The summed E-state index contributed by atoms with van der Waals surface area (Å²) in [5, 5.41) is 0. The monoisotopic (exact) mass is 270 g/mol. The number of nitrogens with zero attached hydrogens (tertiary/aromatic N) is 4. The maximum absolute atomic E-state index is 3.99. The van der Waals surface area contributed by atoms with Crippen LogP contribution in [0.2, 0.25) is 0 Å². The van der Waals surface area contributed by atoms with Gasteiger partial charge in [-0.3, -0.25) is 9.97 Å². The Morgan fingerprint density at radius 1 is 0.850 bits per heavy atom. The molecule has 0 aromatic carbocycles. The van der Waals surface area contributed by atoms with Crippen LogP contribution in [-0.4, -0.2) is 37.2 Å². The SMILES string of the molecule is CN(C)c1ccncc1.c1cc(N2CCCC2)ccn1. The highest BCUT2D eigenvalue weighted by atomic mass is 15.1. The van der Waals surface area contributed by atoms with Gasteiger partial charge in [0, 0.05) is 63.3 Å². The lowest BCUT2D eigenvalue weighted by Gasteiger charge is -2.16. The van der Waals surface area contributed by atoms with Gasteiger partial charge >= 0.3 is 0 Å². The van der Waals surface area contributed by atoms with Gasteiger partial charge in [-0.05, 0) is 37.1 Å². The second-order valence-electron chi connectivity index (χ2n) is 5.00. The van der Waals surface area contributed by atoms with E-state index in [1.165, 1.54) is 37.3 Å². The summed E-state index contributed by atoms with van der Waals surface area (Å²) in [7, 11) is 4.02. The number of rotatable bonds is 2. The molecule has 4 heteroatoms. The summed E-state index contributed by atoms with van der Waals surface area (Å²) in [6, 6.07) is 8.09. The molecule has 1 fully saturated rings. The Kier molecular flexibility index (Phi) is 5.35. The fourth-order valence-corrected chi connectivity index (χ4v) is 2.17. The normalized spacial score (nSPS) is 13.6. The zero-order valence-electron chi connectivity index (χ0n) is 12.2. The van der Waals surface area contributed by atoms with Crippen molar-refractivity contribution < 1.29 is 0 Å². The third-order valence-electron chi connectivity index (χ3n) is 3.31. The summed E-state index contributed by atoms with van der Waals surface area (Å²) >= 11 is 0. The smallest absolute Gasteiger partial charge is 0.0397 e. The van der Waals surface area contributed by atoms with E-state index >= 15 is 0 Å². The molecule has 0 radical (unpaired) electrons. The molecule has 2 aromatic heterocycles. The molecule has 0 N–H and O–H groups in total. The Morgan fingerprint density at radius 2 is 1.35 bits per heavy atom. The molecule has 0 saturated carbocycles. The summed E-state index contributed by atoms with van der Waals surface area (Å²) < 4.78 is 0. The van der Waals surface area contributed by atoms with Crippen molar-refractivity contribution in [2.75, 3.05) is 37.0 Å². The van der Waals surface area contributed by atoms with Gasteiger partial charge in [-0.15, -0.1) is 0 Å². The van der Waals surface area contributed by atoms with E-state index in [1.54, 1.807) is 12.4 Å². The second-order valence-corrected chi connectivity index (χ2v) is 5.00. The first-order valence-corrected chi connectivity index (χ1v) is 6.99. The van der Waals surface area contributed by atoms with Crippen LogP contribution < -0.4 is 9.80 Å². The van der Waals surface area contributed by atoms with Gasteiger partial charge in [0.25, 0.3) is 0 Å². The molecule has 1 aliphatic rings. The lowest BCUT2D eigenvalue weighted by molar-refractivity contribution is 0.949. The fraction of sp³-hybridized carbons (Fsp3) is 0.375. The predicted octanol–water partition coefficient (Wildman–Crippen LogP) is 2.83. The minimum Gasteiger partial charge on any atom is -0.378 e. The Hall–Kier alpha value is -2.10. The van der Waals surface area contributed by atoms with Crippen molar-refractivity contribution >= 4 is 11.4 Å². The van der Waals surface area contributed by atoms with Gasteiger partial charge in [0.15, 0.2) is 0 Å². The molecule has 0 aliphatic carbocycles. The standard InChI is InChI=1S/C9H12N2.C7H10N2/c1-2-8-11(7-1)9-3-5-10-6-4-9;1-9(2)7-3-5-8-6-4-7/h3-6H,1-2,7-8H2;3-6H,1-2H3. The van der Waals surface area contributed by atoms with E-state index in [9.17, 15) is 0 Å². The highest BCUT2D eigenvalue weighted by Gasteiger charge is 2.10. The van der Waals surface area contributed by atoms with Crippen LogP contribution in [0.15, 0.2) is 49.1 Å². The molecule has 3 heterocycles. The van der Waals surface area contributed by atoms with Gasteiger partial charge in [0.2, 0.25) is 0 Å². The van der Waals surface area contributed by atoms with Crippen LogP contribution in [-0.2, 0) is 0 Å². The molecule has 3 rings (SSSR count). The van der Waals surface area contributed by atoms with Crippen molar-refractivity contribution in [1.29, 1.82) is 0 Å². The molecular formula is C16H22N4. The minimum absolute atomic E-state index is 1.19. The quantitative estimate of drug-likeness (QED) is 0.840. The van der Waals surface area contributed by atoms with E-state index in [-0.39, 0.29) is 0 Å².